The Labute approximate surface area is 175 Å². The first-order valence-electron chi connectivity index (χ1n) is 10.6. The molecule has 29 heavy (non-hydrogen) atoms. The summed E-state index contributed by atoms with van der Waals surface area (Å²) >= 11 is 1.66. The molecule has 5 rings (SSSR count). The predicted molar refractivity (Wildman–Crippen MR) is 110 cm³/mol. The summed E-state index contributed by atoms with van der Waals surface area (Å²) in [5, 5.41) is 5.39. The quantitative estimate of drug-likeness (QED) is 0.835. The number of carbonyl (C=O) groups excluding carboxylic acids is 1. The molecule has 0 aliphatic carbocycles. The van der Waals surface area contributed by atoms with Gasteiger partial charge in [-0.05, 0) is 31.7 Å². The van der Waals surface area contributed by atoms with Crippen LogP contribution in [0.3, 0.4) is 0 Å². The van der Waals surface area contributed by atoms with Gasteiger partial charge in [-0.1, -0.05) is 12.1 Å². The zero-order chi connectivity index (χ0) is 19.8. The molecule has 0 saturated carbocycles. The maximum absolute atomic E-state index is 14.0. The molecule has 1 amide bonds. The van der Waals surface area contributed by atoms with Crippen LogP contribution in [-0.4, -0.2) is 49.1 Å². The van der Waals surface area contributed by atoms with Gasteiger partial charge in [0.2, 0.25) is 5.91 Å². The van der Waals surface area contributed by atoms with Gasteiger partial charge in [0.15, 0.2) is 11.5 Å². The number of nitrogens with two attached hydrogens (primary N) is 1. The van der Waals surface area contributed by atoms with Crippen LogP contribution in [-0.2, 0) is 10.2 Å². The molecule has 1 spiro atoms. The Kier molecular flexibility index (Phi) is 4.95. The summed E-state index contributed by atoms with van der Waals surface area (Å²) < 4.78 is 11.6. The van der Waals surface area contributed by atoms with Crippen molar-refractivity contribution in [1.82, 2.24) is 9.88 Å². The van der Waals surface area contributed by atoms with Crippen molar-refractivity contribution >= 4 is 17.2 Å². The molecule has 0 bridgehead atoms. The number of benzene rings is 1. The Morgan fingerprint density at radius 3 is 3.17 bits per heavy atom. The smallest absolute Gasteiger partial charge is 0.233 e. The van der Waals surface area contributed by atoms with E-state index in [4.69, 9.17) is 9.47 Å². The molecular formula is C22H28N3O3S+. The van der Waals surface area contributed by atoms with Crippen molar-refractivity contribution in [2.24, 2.45) is 5.92 Å². The highest BCUT2D eigenvalue weighted by Crippen LogP contribution is 2.49. The molecule has 3 aliphatic rings. The molecule has 2 N–H and O–H groups in total. The lowest BCUT2D eigenvalue weighted by Crippen LogP contribution is -2.82. The van der Waals surface area contributed by atoms with Crippen LogP contribution in [0.15, 0.2) is 29.8 Å². The fourth-order valence-electron chi connectivity index (χ4n) is 5.53. The molecule has 1 aromatic carbocycles. The molecule has 7 heteroatoms. The topological polar surface area (TPSA) is 68.3 Å². The number of piperidine rings is 1. The van der Waals surface area contributed by atoms with E-state index in [2.05, 4.69) is 21.3 Å². The number of fused-ring (bicyclic) bond motifs is 2. The summed E-state index contributed by atoms with van der Waals surface area (Å²) in [6.07, 6.45) is 5.96. The average Bonchev–Trinajstić information content (AvgIpc) is 3.44. The van der Waals surface area contributed by atoms with Crippen LogP contribution < -0.4 is 14.8 Å². The predicted octanol–water partition coefficient (Wildman–Crippen LogP) is 2.12. The van der Waals surface area contributed by atoms with Crippen LogP contribution in [0.25, 0.3) is 0 Å². The number of hydrogen-bond acceptors (Lipinski definition) is 5. The first-order chi connectivity index (χ1) is 14.2. The third kappa shape index (κ3) is 3.02. The Morgan fingerprint density at radius 1 is 1.41 bits per heavy atom. The number of aromatic nitrogens is 1. The molecule has 0 radical (unpaired) electrons. The Bertz CT molecular complexity index is 887. The normalized spacial score (nSPS) is 28.8. The van der Waals surface area contributed by atoms with E-state index in [1.807, 2.05) is 23.7 Å². The fourth-order valence-corrected chi connectivity index (χ4v) is 6.31. The number of rotatable bonds is 3. The number of thiazole rings is 1. The van der Waals surface area contributed by atoms with E-state index < -0.39 is 0 Å². The molecule has 2 fully saturated rings. The van der Waals surface area contributed by atoms with Crippen LogP contribution in [0.4, 0.5) is 0 Å². The molecule has 6 nitrogen and oxygen atoms in total. The Balaban J connectivity index is 1.51. The van der Waals surface area contributed by atoms with Gasteiger partial charge in [-0.2, -0.15) is 0 Å². The average molecular weight is 415 g/mol. The first kappa shape index (κ1) is 18.9. The van der Waals surface area contributed by atoms with Crippen LogP contribution in [0.2, 0.25) is 0 Å². The minimum Gasteiger partial charge on any atom is -0.493 e. The summed E-state index contributed by atoms with van der Waals surface area (Å²) in [6.45, 7) is 3.21. The number of amides is 1. The first-order valence-corrected chi connectivity index (χ1v) is 11.4. The minimum atomic E-state index is -0.190. The maximum Gasteiger partial charge on any atom is 0.233 e. The van der Waals surface area contributed by atoms with E-state index in [-0.39, 0.29) is 23.3 Å². The molecule has 2 saturated heterocycles. The Hall–Kier alpha value is -2.12. The van der Waals surface area contributed by atoms with E-state index >= 15 is 0 Å². The van der Waals surface area contributed by atoms with E-state index in [0.29, 0.717) is 6.61 Å². The van der Waals surface area contributed by atoms with Crippen molar-refractivity contribution in [3.63, 3.8) is 0 Å². The van der Waals surface area contributed by atoms with Gasteiger partial charge in [0.05, 0.1) is 38.3 Å². The van der Waals surface area contributed by atoms with Crippen LogP contribution in [0, 0.1) is 5.92 Å². The molecular weight excluding hydrogens is 386 g/mol. The largest absolute Gasteiger partial charge is 0.493 e. The molecule has 1 unspecified atom stereocenters. The van der Waals surface area contributed by atoms with Gasteiger partial charge >= 0.3 is 0 Å². The van der Waals surface area contributed by atoms with Crippen molar-refractivity contribution in [2.45, 2.75) is 37.1 Å². The van der Waals surface area contributed by atoms with Gasteiger partial charge in [-0.15, -0.1) is 11.3 Å². The number of ether oxygens (including phenoxy) is 2. The number of likely N-dealkylation sites (tertiary alicyclic amines) is 1. The highest BCUT2D eigenvalue weighted by atomic mass is 32.1. The highest BCUT2D eigenvalue weighted by Gasteiger charge is 2.55. The second kappa shape index (κ2) is 7.61. The van der Waals surface area contributed by atoms with Gasteiger partial charge in [-0.3, -0.25) is 4.79 Å². The molecule has 4 heterocycles. The second-order valence-corrected chi connectivity index (χ2v) is 9.21. The lowest BCUT2D eigenvalue weighted by molar-refractivity contribution is -0.640. The molecule has 154 valence electrons. The van der Waals surface area contributed by atoms with Crippen molar-refractivity contribution in [3.8, 4) is 11.5 Å². The zero-order valence-corrected chi connectivity index (χ0v) is 17.6. The summed E-state index contributed by atoms with van der Waals surface area (Å²) in [7, 11) is 1.68. The number of hydrogen-bond donors (Lipinski definition) is 1. The van der Waals surface area contributed by atoms with E-state index in [0.717, 1.165) is 67.4 Å². The number of methoxy groups -OCH3 is 1. The van der Waals surface area contributed by atoms with Crippen molar-refractivity contribution in [1.29, 1.82) is 0 Å². The third-order valence-electron chi connectivity index (χ3n) is 6.93. The molecule has 2 aromatic rings. The maximum atomic E-state index is 14.0. The zero-order valence-electron chi connectivity index (χ0n) is 16.8. The number of carbonyl (C=O) groups is 1. The standard InChI is InChI=1S/C22H27N3O3S/c1-27-18-7-4-5-15-19(18)28-11-8-22(15)14-23-13-16(22)21(26)25-10-3-2-6-17(25)20-24-9-12-29-20/h4-5,7,9,12,16-17,23H,2-3,6,8,10-11,13-14H2,1H3/p+1/t16-,17?,22-/m0/s1. The van der Waals surface area contributed by atoms with Crippen LogP contribution in [0.1, 0.15) is 42.3 Å². The second-order valence-electron chi connectivity index (χ2n) is 8.29. The fraction of sp³-hybridized carbons (Fsp3) is 0.545. The number of quaternary nitrogens is 1. The van der Waals surface area contributed by atoms with Crippen molar-refractivity contribution < 1.29 is 19.6 Å². The number of para-hydroxylation sites is 1. The lowest BCUT2D eigenvalue weighted by Gasteiger charge is -2.41. The van der Waals surface area contributed by atoms with Crippen molar-refractivity contribution in [3.05, 3.63) is 40.3 Å². The summed E-state index contributed by atoms with van der Waals surface area (Å²) in [5.74, 6) is 1.83. The van der Waals surface area contributed by atoms with Crippen LogP contribution >= 0.6 is 11.3 Å². The van der Waals surface area contributed by atoms with Crippen molar-refractivity contribution in [2.75, 3.05) is 33.4 Å². The molecule has 3 aliphatic heterocycles. The van der Waals surface area contributed by atoms with Gasteiger partial charge in [0.1, 0.15) is 10.9 Å². The van der Waals surface area contributed by atoms with E-state index in [9.17, 15) is 4.79 Å². The number of nitrogens with zero attached hydrogens (tertiary/aromatic N) is 2. The van der Waals surface area contributed by atoms with Gasteiger partial charge in [-0.25, -0.2) is 4.98 Å². The summed E-state index contributed by atoms with van der Waals surface area (Å²) in [5.41, 5.74) is 0.947. The van der Waals surface area contributed by atoms with E-state index in [1.54, 1.807) is 18.4 Å². The SMILES string of the molecule is COc1cccc2c1OCC[C@]21C[NH2+]C[C@H]1C(=O)N1CCCCC1c1nccs1. The minimum absolute atomic E-state index is 0.0437. The summed E-state index contributed by atoms with van der Waals surface area (Å²) in [4.78, 5) is 20.6. The molecule has 3 atom stereocenters. The Morgan fingerprint density at radius 2 is 2.34 bits per heavy atom. The van der Waals surface area contributed by atoms with Gasteiger partial charge < -0.3 is 19.7 Å². The van der Waals surface area contributed by atoms with Gasteiger partial charge in [0.25, 0.3) is 0 Å². The third-order valence-corrected chi connectivity index (χ3v) is 7.81. The molecule has 1 aromatic heterocycles. The monoisotopic (exact) mass is 414 g/mol. The lowest BCUT2D eigenvalue weighted by atomic mass is 9.68. The van der Waals surface area contributed by atoms with E-state index in [1.165, 1.54) is 0 Å². The summed E-state index contributed by atoms with van der Waals surface area (Å²) in [6, 6.07) is 6.22. The highest BCUT2D eigenvalue weighted by molar-refractivity contribution is 7.09. The van der Waals surface area contributed by atoms with Gasteiger partial charge in [0, 0.05) is 23.7 Å². The van der Waals surface area contributed by atoms with Crippen LogP contribution in [0.5, 0.6) is 11.5 Å².